The van der Waals surface area contributed by atoms with Crippen molar-refractivity contribution in [1.82, 2.24) is 0 Å². The highest BCUT2D eigenvalue weighted by atomic mass is 79.9. The van der Waals surface area contributed by atoms with Crippen LogP contribution >= 0.6 is 15.9 Å². The first kappa shape index (κ1) is 12.6. The lowest BCUT2D eigenvalue weighted by Crippen LogP contribution is -2.15. The first-order valence-corrected chi connectivity index (χ1v) is 7.23. The Labute approximate surface area is 121 Å². The molecule has 3 nitrogen and oxygen atoms in total. The Morgan fingerprint density at radius 2 is 2.26 bits per heavy atom. The van der Waals surface area contributed by atoms with Crippen LogP contribution in [0.25, 0.3) is 0 Å². The van der Waals surface area contributed by atoms with E-state index < -0.39 is 0 Å². The topological polar surface area (TPSA) is 34.4 Å². The van der Waals surface area contributed by atoms with Crippen LogP contribution in [-0.4, -0.2) is 7.11 Å². The van der Waals surface area contributed by atoms with Gasteiger partial charge in [-0.3, -0.25) is 0 Å². The largest absolute Gasteiger partial charge is 0.495 e. The van der Waals surface area contributed by atoms with Crippen LogP contribution in [0, 0.1) is 0 Å². The maximum atomic E-state index is 5.52. The zero-order valence-electron chi connectivity index (χ0n) is 10.8. The number of rotatable bonds is 3. The molecule has 0 spiro atoms. The van der Waals surface area contributed by atoms with E-state index in [1.165, 1.54) is 5.56 Å². The quantitative estimate of drug-likeness (QED) is 0.901. The van der Waals surface area contributed by atoms with Gasteiger partial charge >= 0.3 is 0 Å². The van der Waals surface area contributed by atoms with E-state index in [0.717, 1.165) is 40.9 Å². The number of anilines is 1. The van der Waals surface area contributed by atoms with E-state index in [2.05, 4.69) is 33.4 Å². The van der Waals surface area contributed by atoms with Crippen molar-refractivity contribution in [3.05, 3.63) is 46.3 Å². The molecule has 19 heavy (non-hydrogen) atoms. The molecular formula is C15H16BrNO2. The number of ether oxygens (including phenoxy) is 1. The van der Waals surface area contributed by atoms with Gasteiger partial charge in [0.25, 0.3) is 0 Å². The Morgan fingerprint density at radius 3 is 3.11 bits per heavy atom. The van der Waals surface area contributed by atoms with E-state index in [-0.39, 0.29) is 0 Å². The lowest BCUT2D eigenvalue weighted by molar-refractivity contribution is 0.412. The van der Waals surface area contributed by atoms with Gasteiger partial charge < -0.3 is 14.5 Å². The summed E-state index contributed by atoms with van der Waals surface area (Å²) < 4.78 is 11.8. The number of hydrogen-bond acceptors (Lipinski definition) is 3. The molecule has 2 aromatic rings. The van der Waals surface area contributed by atoms with Gasteiger partial charge in [-0.15, -0.1) is 0 Å². The van der Waals surface area contributed by atoms with E-state index in [0.29, 0.717) is 6.04 Å². The van der Waals surface area contributed by atoms with Crippen LogP contribution in [0.5, 0.6) is 5.75 Å². The van der Waals surface area contributed by atoms with E-state index in [9.17, 15) is 0 Å². The number of halogens is 1. The molecule has 1 atom stereocenters. The Kier molecular flexibility index (Phi) is 3.51. The average Bonchev–Trinajstić information content (AvgIpc) is 2.90. The summed E-state index contributed by atoms with van der Waals surface area (Å²) in [4.78, 5) is 0. The summed E-state index contributed by atoms with van der Waals surface area (Å²) in [6.07, 6.45) is 5.12. The lowest BCUT2D eigenvalue weighted by atomic mass is 9.93. The average molecular weight is 322 g/mol. The van der Waals surface area contributed by atoms with Crippen molar-refractivity contribution in [3.63, 3.8) is 0 Å². The van der Waals surface area contributed by atoms with Crippen molar-refractivity contribution in [3.8, 4) is 5.75 Å². The minimum atomic E-state index is 0.327. The van der Waals surface area contributed by atoms with Crippen LogP contribution in [-0.2, 0) is 6.42 Å². The molecule has 0 radical (unpaired) electrons. The normalized spacial score (nSPS) is 17.9. The fourth-order valence-corrected chi connectivity index (χ4v) is 3.00. The molecule has 3 rings (SSSR count). The summed E-state index contributed by atoms with van der Waals surface area (Å²) in [5, 5.41) is 3.56. The summed E-state index contributed by atoms with van der Waals surface area (Å²) in [5.41, 5.74) is 2.35. The molecule has 0 fully saturated rings. The molecule has 1 aromatic heterocycles. The van der Waals surface area contributed by atoms with Gasteiger partial charge in [0.15, 0.2) is 0 Å². The smallest absolute Gasteiger partial charge is 0.135 e. The van der Waals surface area contributed by atoms with Gasteiger partial charge in [-0.25, -0.2) is 0 Å². The van der Waals surface area contributed by atoms with Crippen molar-refractivity contribution in [2.24, 2.45) is 0 Å². The van der Waals surface area contributed by atoms with Gasteiger partial charge in [0.1, 0.15) is 11.5 Å². The molecule has 1 aliphatic rings. The summed E-state index contributed by atoms with van der Waals surface area (Å²) in [6, 6.07) is 8.47. The van der Waals surface area contributed by atoms with Crippen molar-refractivity contribution in [2.45, 2.75) is 25.3 Å². The number of benzene rings is 1. The van der Waals surface area contributed by atoms with Crippen LogP contribution in [0.15, 0.2) is 39.4 Å². The molecule has 0 saturated heterocycles. The molecule has 1 N–H and O–H groups in total. The van der Waals surface area contributed by atoms with Gasteiger partial charge in [0.2, 0.25) is 0 Å². The predicted octanol–water partition coefficient (Wildman–Crippen LogP) is 4.54. The third-order valence-electron chi connectivity index (χ3n) is 3.54. The Hall–Kier alpha value is -1.42. The Morgan fingerprint density at radius 1 is 1.37 bits per heavy atom. The van der Waals surface area contributed by atoms with Gasteiger partial charge in [0, 0.05) is 23.7 Å². The number of aryl methyl sites for hydroxylation is 1. The van der Waals surface area contributed by atoms with Crippen LogP contribution in [0.1, 0.15) is 30.2 Å². The number of nitrogens with one attached hydrogen (secondary N) is 1. The second kappa shape index (κ2) is 5.29. The zero-order chi connectivity index (χ0) is 13.2. The van der Waals surface area contributed by atoms with Gasteiger partial charge in [-0.2, -0.15) is 0 Å². The van der Waals surface area contributed by atoms with Crippen LogP contribution in [0.4, 0.5) is 5.69 Å². The molecule has 0 bridgehead atoms. The predicted molar refractivity (Wildman–Crippen MR) is 78.7 cm³/mol. The van der Waals surface area contributed by atoms with Crippen LogP contribution in [0.2, 0.25) is 0 Å². The lowest BCUT2D eigenvalue weighted by Gasteiger charge is -2.24. The summed E-state index contributed by atoms with van der Waals surface area (Å²) >= 11 is 3.47. The third-order valence-corrected chi connectivity index (χ3v) is 4.20. The highest BCUT2D eigenvalue weighted by Gasteiger charge is 2.22. The SMILES string of the molecule is COc1cc(NC2CCCc3occc32)ccc1Br. The van der Waals surface area contributed by atoms with E-state index >= 15 is 0 Å². The Bertz CT molecular complexity index is 579. The molecule has 0 saturated carbocycles. The van der Waals surface area contributed by atoms with Crippen LogP contribution < -0.4 is 10.1 Å². The standard InChI is InChI=1S/C15H16BrNO2/c1-18-15-9-10(5-6-12(15)16)17-13-3-2-4-14-11(13)7-8-19-14/h5-9,13,17H,2-4H2,1H3. The second-order valence-corrected chi connectivity index (χ2v) is 5.59. The fraction of sp³-hybridized carbons (Fsp3) is 0.333. The number of fused-ring (bicyclic) bond motifs is 1. The van der Waals surface area contributed by atoms with Crippen LogP contribution in [0.3, 0.4) is 0 Å². The van der Waals surface area contributed by atoms with E-state index in [4.69, 9.17) is 9.15 Å². The van der Waals surface area contributed by atoms with Gasteiger partial charge in [-0.1, -0.05) is 0 Å². The van der Waals surface area contributed by atoms with Gasteiger partial charge in [-0.05, 0) is 47.0 Å². The monoisotopic (exact) mass is 321 g/mol. The van der Waals surface area contributed by atoms with Gasteiger partial charge in [0.05, 0.1) is 23.9 Å². The van der Waals surface area contributed by atoms with Crippen molar-refractivity contribution < 1.29 is 9.15 Å². The molecule has 100 valence electrons. The first-order chi connectivity index (χ1) is 9.28. The fourth-order valence-electron chi connectivity index (χ4n) is 2.59. The van der Waals surface area contributed by atoms with E-state index in [1.54, 1.807) is 13.4 Å². The third kappa shape index (κ3) is 2.50. The van der Waals surface area contributed by atoms with E-state index in [1.807, 2.05) is 12.1 Å². The minimum Gasteiger partial charge on any atom is -0.495 e. The van der Waals surface area contributed by atoms with Crippen molar-refractivity contribution in [2.75, 3.05) is 12.4 Å². The first-order valence-electron chi connectivity index (χ1n) is 6.44. The molecule has 4 heteroatoms. The molecule has 1 unspecified atom stereocenters. The van der Waals surface area contributed by atoms with Crippen molar-refractivity contribution >= 4 is 21.6 Å². The highest BCUT2D eigenvalue weighted by molar-refractivity contribution is 9.10. The number of hydrogen-bond donors (Lipinski definition) is 1. The Balaban J connectivity index is 1.83. The molecule has 1 heterocycles. The second-order valence-electron chi connectivity index (χ2n) is 4.74. The zero-order valence-corrected chi connectivity index (χ0v) is 12.4. The summed E-state index contributed by atoms with van der Waals surface area (Å²) in [6.45, 7) is 0. The summed E-state index contributed by atoms with van der Waals surface area (Å²) in [7, 11) is 1.68. The number of furan rings is 1. The maximum Gasteiger partial charge on any atom is 0.135 e. The highest BCUT2D eigenvalue weighted by Crippen LogP contribution is 2.35. The molecule has 1 aliphatic carbocycles. The van der Waals surface area contributed by atoms with Crippen molar-refractivity contribution in [1.29, 1.82) is 0 Å². The molecular weight excluding hydrogens is 306 g/mol. The summed E-state index contributed by atoms with van der Waals surface area (Å²) in [5.74, 6) is 1.96. The maximum absolute atomic E-state index is 5.52. The molecule has 0 amide bonds. The minimum absolute atomic E-state index is 0.327. The molecule has 1 aromatic carbocycles. The molecule has 0 aliphatic heterocycles. The number of methoxy groups -OCH3 is 1.